The summed E-state index contributed by atoms with van der Waals surface area (Å²) < 4.78 is 6.68. The van der Waals surface area contributed by atoms with Gasteiger partial charge in [-0.3, -0.25) is 0 Å². The second-order valence-electron chi connectivity index (χ2n) is 4.17. The minimum Gasteiger partial charge on any atom is -0.472 e. The normalized spacial score (nSPS) is 10.7. The highest BCUT2D eigenvalue weighted by atomic mass is 16.3. The summed E-state index contributed by atoms with van der Waals surface area (Å²) in [4.78, 5) is 13.2. The van der Waals surface area contributed by atoms with Gasteiger partial charge in [0.05, 0.1) is 11.8 Å². The van der Waals surface area contributed by atoms with Gasteiger partial charge in [0, 0.05) is 18.9 Å². The first kappa shape index (κ1) is 12.3. The van der Waals surface area contributed by atoms with Gasteiger partial charge in [-0.25, -0.2) is 4.68 Å². The molecule has 7 nitrogen and oxygen atoms in total. The van der Waals surface area contributed by atoms with Crippen molar-refractivity contribution >= 4 is 5.95 Å². The molecule has 20 heavy (non-hydrogen) atoms. The van der Waals surface area contributed by atoms with Gasteiger partial charge in [0.15, 0.2) is 5.82 Å². The molecular weight excluding hydrogens is 256 g/mol. The fourth-order valence-electron chi connectivity index (χ4n) is 1.69. The zero-order valence-corrected chi connectivity index (χ0v) is 11.0. The Morgan fingerprint density at radius 3 is 2.95 bits per heavy atom. The van der Waals surface area contributed by atoms with Crippen molar-refractivity contribution in [1.29, 1.82) is 0 Å². The van der Waals surface area contributed by atoms with E-state index >= 15 is 0 Å². The molecule has 0 aliphatic carbocycles. The second kappa shape index (κ2) is 5.52. The van der Waals surface area contributed by atoms with E-state index in [4.69, 9.17) is 4.42 Å². The molecule has 0 spiro atoms. The number of hydrogen-bond donors (Lipinski definition) is 1. The van der Waals surface area contributed by atoms with Crippen molar-refractivity contribution in [2.45, 2.75) is 13.3 Å². The molecule has 0 fully saturated rings. The summed E-state index contributed by atoms with van der Waals surface area (Å²) in [6, 6.07) is 3.63. The van der Waals surface area contributed by atoms with Crippen molar-refractivity contribution in [2.75, 3.05) is 11.9 Å². The van der Waals surface area contributed by atoms with E-state index in [9.17, 15) is 0 Å². The molecule has 0 unspecified atom stereocenters. The molecule has 3 aromatic heterocycles. The fraction of sp³-hybridized carbons (Fsp3) is 0.231. The lowest BCUT2D eigenvalue weighted by atomic mass is 10.3. The van der Waals surface area contributed by atoms with E-state index in [1.165, 1.54) is 0 Å². The molecule has 3 rings (SSSR count). The van der Waals surface area contributed by atoms with Crippen LogP contribution in [0.4, 0.5) is 5.95 Å². The summed E-state index contributed by atoms with van der Waals surface area (Å²) in [5.41, 5.74) is 0.806. The van der Waals surface area contributed by atoms with Gasteiger partial charge < -0.3 is 9.73 Å². The van der Waals surface area contributed by atoms with Crippen molar-refractivity contribution in [3.63, 3.8) is 0 Å². The summed E-state index contributed by atoms with van der Waals surface area (Å²) in [7, 11) is 0. The molecule has 0 saturated heterocycles. The molecule has 3 aromatic rings. The predicted molar refractivity (Wildman–Crippen MR) is 73.4 cm³/mol. The standard InChI is InChI=1S/C13H14N6O/c1-2-5-14-12-16-11(10-4-8-20-9-10)17-13(18-12)19-7-3-6-15-19/h3-4,6-9H,2,5H2,1H3,(H,14,16,17,18). The van der Waals surface area contributed by atoms with Crippen LogP contribution in [-0.2, 0) is 0 Å². The predicted octanol–water partition coefficient (Wildman–Crippen LogP) is 2.14. The molecular formula is C13H14N6O. The maximum absolute atomic E-state index is 5.08. The Bertz CT molecular complexity index is 610. The highest BCUT2D eigenvalue weighted by molar-refractivity contribution is 5.55. The van der Waals surface area contributed by atoms with E-state index in [1.54, 1.807) is 29.6 Å². The van der Waals surface area contributed by atoms with Crippen molar-refractivity contribution in [1.82, 2.24) is 24.7 Å². The van der Waals surface area contributed by atoms with Gasteiger partial charge in [0.2, 0.25) is 5.95 Å². The van der Waals surface area contributed by atoms with Crippen LogP contribution in [-0.4, -0.2) is 31.3 Å². The number of nitrogens with one attached hydrogen (secondary N) is 1. The first-order valence-corrected chi connectivity index (χ1v) is 6.39. The maximum Gasteiger partial charge on any atom is 0.255 e. The minimum absolute atomic E-state index is 0.472. The second-order valence-corrected chi connectivity index (χ2v) is 4.17. The Labute approximate surface area is 115 Å². The quantitative estimate of drug-likeness (QED) is 0.765. The van der Waals surface area contributed by atoms with E-state index in [-0.39, 0.29) is 0 Å². The first-order valence-electron chi connectivity index (χ1n) is 6.39. The van der Waals surface area contributed by atoms with Crippen LogP contribution >= 0.6 is 0 Å². The molecule has 0 amide bonds. The van der Waals surface area contributed by atoms with Gasteiger partial charge >= 0.3 is 0 Å². The van der Waals surface area contributed by atoms with E-state index < -0.39 is 0 Å². The SMILES string of the molecule is CCCNc1nc(-c2ccoc2)nc(-n2cccn2)n1. The van der Waals surface area contributed by atoms with E-state index in [1.807, 2.05) is 12.1 Å². The highest BCUT2D eigenvalue weighted by Gasteiger charge is 2.10. The molecule has 7 heteroatoms. The lowest BCUT2D eigenvalue weighted by Crippen LogP contribution is -2.10. The summed E-state index contributed by atoms with van der Waals surface area (Å²) in [6.45, 7) is 2.88. The van der Waals surface area contributed by atoms with Crippen LogP contribution in [0.2, 0.25) is 0 Å². The van der Waals surface area contributed by atoms with Crippen LogP contribution in [0.1, 0.15) is 13.3 Å². The van der Waals surface area contributed by atoms with Crippen LogP contribution in [0.15, 0.2) is 41.5 Å². The third-order valence-electron chi connectivity index (χ3n) is 2.65. The molecule has 0 aromatic carbocycles. The molecule has 0 atom stereocenters. The average molecular weight is 270 g/mol. The Kier molecular flexibility index (Phi) is 3.40. The monoisotopic (exact) mass is 270 g/mol. The van der Waals surface area contributed by atoms with Crippen molar-refractivity contribution in [3.05, 3.63) is 37.1 Å². The number of aromatic nitrogens is 5. The molecule has 1 N–H and O–H groups in total. The van der Waals surface area contributed by atoms with Crippen LogP contribution in [0.5, 0.6) is 0 Å². The Hall–Kier alpha value is -2.70. The fourth-order valence-corrected chi connectivity index (χ4v) is 1.69. The maximum atomic E-state index is 5.08. The van der Waals surface area contributed by atoms with Crippen molar-refractivity contribution in [3.8, 4) is 17.3 Å². The zero-order valence-electron chi connectivity index (χ0n) is 11.0. The lowest BCUT2D eigenvalue weighted by Gasteiger charge is -2.07. The Morgan fingerprint density at radius 2 is 2.25 bits per heavy atom. The van der Waals surface area contributed by atoms with Crippen molar-refractivity contribution < 1.29 is 4.42 Å². The molecule has 0 aliphatic rings. The van der Waals surface area contributed by atoms with Gasteiger partial charge in [-0.2, -0.15) is 20.1 Å². The van der Waals surface area contributed by atoms with E-state index in [2.05, 4.69) is 32.3 Å². The minimum atomic E-state index is 0.472. The van der Waals surface area contributed by atoms with Gasteiger partial charge in [0.1, 0.15) is 6.26 Å². The van der Waals surface area contributed by atoms with Gasteiger partial charge in [-0.1, -0.05) is 6.92 Å². The average Bonchev–Trinajstić information content (AvgIpc) is 3.17. The highest BCUT2D eigenvalue weighted by Crippen LogP contribution is 2.17. The van der Waals surface area contributed by atoms with Crippen LogP contribution < -0.4 is 5.32 Å². The van der Waals surface area contributed by atoms with Gasteiger partial charge in [-0.05, 0) is 18.6 Å². The molecule has 0 saturated carbocycles. The summed E-state index contributed by atoms with van der Waals surface area (Å²) in [5, 5.41) is 7.31. The zero-order chi connectivity index (χ0) is 13.8. The molecule has 3 heterocycles. The number of furan rings is 1. The number of anilines is 1. The topological polar surface area (TPSA) is 81.7 Å². The van der Waals surface area contributed by atoms with Crippen molar-refractivity contribution in [2.24, 2.45) is 0 Å². The van der Waals surface area contributed by atoms with E-state index in [0.717, 1.165) is 18.5 Å². The molecule has 0 radical (unpaired) electrons. The van der Waals surface area contributed by atoms with Gasteiger partial charge in [0.25, 0.3) is 5.95 Å². The van der Waals surface area contributed by atoms with Crippen LogP contribution in [0.3, 0.4) is 0 Å². The van der Waals surface area contributed by atoms with E-state index in [0.29, 0.717) is 17.7 Å². The summed E-state index contributed by atoms with van der Waals surface area (Å²) in [5.74, 6) is 1.56. The molecule has 102 valence electrons. The number of rotatable bonds is 5. The van der Waals surface area contributed by atoms with Crippen LogP contribution in [0.25, 0.3) is 17.3 Å². The van der Waals surface area contributed by atoms with Crippen LogP contribution in [0, 0.1) is 0 Å². The number of nitrogens with zero attached hydrogens (tertiary/aromatic N) is 5. The summed E-state index contributed by atoms with van der Waals surface area (Å²) >= 11 is 0. The first-order chi connectivity index (χ1) is 9.86. The summed E-state index contributed by atoms with van der Waals surface area (Å²) in [6.07, 6.45) is 7.65. The molecule has 0 aliphatic heterocycles. The lowest BCUT2D eigenvalue weighted by molar-refractivity contribution is 0.568. The number of hydrogen-bond acceptors (Lipinski definition) is 6. The third kappa shape index (κ3) is 2.51. The Morgan fingerprint density at radius 1 is 1.30 bits per heavy atom. The largest absolute Gasteiger partial charge is 0.472 e. The third-order valence-corrected chi connectivity index (χ3v) is 2.65. The van der Waals surface area contributed by atoms with Gasteiger partial charge in [-0.15, -0.1) is 0 Å². The Balaban J connectivity index is 2.03. The smallest absolute Gasteiger partial charge is 0.255 e. The molecule has 0 bridgehead atoms.